The van der Waals surface area contributed by atoms with Gasteiger partial charge in [0.1, 0.15) is 11.5 Å². The largest absolute Gasteiger partial charge is 0.360 e. The maximum atomic E-state index is 12.1. The molecule has 0 saturated carbocycles. The minimum absolute atomic E-state index is 0.186. The minimum Gasteiger partial charge on any atom is -0.360 e. The highest BCUT2D eigenvalue weighted by Crippen LogP contribution is 2.11. The molecule has 0 aromatic carbocycles. The van der Waals surface area contributed by atoms with Crippen LogP contribution in [0.5, 0.6) is 0 Å². The van der Waals surface area contributed by atoms with E-state index in [0.717, 1.165) is 0 Å². The van der Waals surface area contributed by atoms with Crippen molar-refractivity contribution in [1.82, 2.24) is 15.1 Å². The molecule has 2 heterocycles. The van der Waals surface area contributed by atoms with Crippen molar-refractivity contribution in [3.63, 3.8) is 0 Å². The molecule has 0 bridgehead atoms. The van der Waals surface area contributed by atoms with E-state index < -0.39 is 0 Å². The Hall–Kier alpha value is -2.44. The summed E-state index contributed by atoms with van der Waals surface area (Å²) < 4.78 is 4.89. The van der Waals surface area contributed by atoms with Crippen LogP contribution < -0.4 is 10.6 Å². The number of nitrogens with one attached hydrogen (secondary N) is 2. The summed E-state index contributed by atoms with van der Waals surface area (Å²) in [5, 5.41) is 9.41. The van der Waals surface area contributed by atoms with E-state index in [2.05, 4.69) is 25.8 Å². The van der Waals surface area contributed by atoms with Crippen LogP contribution in [0.4, 0.5) is 11.8 Å². The highest BCUT2D eigenvalue weighted by Gasteiger charge is 2.13. The fourth-order valence-electron chi connectivity index (χ4n) is 1.61. The lowest BCUT2D eigenvalue weighted by Crippen LogP contribution is -2.18. The first-order valence-electron chi connectivity index (χ1n) is 6.31. The number of rotatable bonds is 4. The van der Waals surface area contributed by atoms with E-state index in [9.17, 15) is 4.79 Å². The minimum atomic E-state index is -0.351. The van der Waals surface area contributed by atoms with Crippen molar-refractivity contribution in [1.29, 1.82) is 0 Å². The van der Waals surface area contributed by atoms with Gasteiger partial charge in [-0.3, -0.25) is 4.79 Å². The summed E-state index contributed by atoms with van der Waals surface area (Å²) in [6.07, 6.45) is 0. The lowest BCUT2D eigenvalue weighted by Gasteiger charge is -2.10. The van der Waals surface area contributed by atoms with Crippen molar-refractivity contribution in [2.24, 2.45) is 0 Å². The van der Waals surface area contributed by atoms with Gasteiger partial charge in [-0.25, -0.2) is 9.97 Å². The van der Waals surface area contributed by atoms with Crippen molar-refractivity contribution in [2.75, 3.05) is 10.6 Å². The third-order valence-corrected chi connectivity index (χ3v) is 2.37. The summed E-state index contributed by atoms with van der Waals surface area (Å²) >= 11 is 0. The van der Waals surface area contributed by atoms with Crippen LogP contribution in [-0.2, 0) is 0 Å². The first-order valence-corrected chi connectivity index (χ1v) is 6.31. The number of nitrogens with zero attached hydrogens (tertiary/aromatic N) is 3. The summed E-state index contributed by atoms with van der Waals surface area (Å²) in [4.78, 5) is 20.5. The lowest BCUT2D eigenvalue weighted by molar-refractivity contribution is 0.102. The van der Waals surface area contributed by atoms with Gasteiger partial charge in [0, 0.05) is 17.8 Å². The molecule has 1 amide bonds. The van der Waals surface area contributed by atoms with E-state index in [0.29, 0.717) is 23.2 Å². The standard InChI is InChI=1S/C13H17N5O2/c1-7(2)14-13-15-8(3)5-10(16-13)12(19)17-11-6-9(4)20-18-11/h5-7H,1-4H3,(H,14,15,16)(H,17,18,19). The quantitative estimate of drug-likeness (QED) is 0.888. The zero-order valence-electron chi connectivity index (χ0n) is 11.9. The number of amides is 1. The van der Waals surface area contributed by atoms with Crippen molar-refractivity contribution >= 4 is 17.7 Å². The molecule has 2 rings (SSSR count). The SMILES string of the molecule is Cc1cc(C(=O)Nc2cc(C)on2)nc(NC(C)C)n1. The molecule has 0 aliphatic heterocycles. The van der Waals surface area contributed by atoms with Gasteiger partial charge in [-0.05, 0) is 33.8 Å². The van der Waals surface area contributed by atoms with Crippen LogP contribution in [0.15, 0.2) is 16.7 Å². The first kappa shape index (κ1) is 14.0. The van der Waals surface area contributed by atoms with Crippen LogP contribution >= 0.6 is 0 Å². The van der Waals surface area contributed by atoms with Gasteiger partial charge in [0.25, 0.3) is 5.91 Å². The van der Waals surface area contributed by atoms with E-state index in [4.69, 9.17) is 4.52 Å². The normalized spacial score (nSPS) is 10.7. The maximum Gasteiger partial charge on any atom is 0.275 e. The average molecular weight is 275 g/mol. The van der Waals surface area contributed by atoms with Gasteiger partial charge >= 0.3 is 0 Å². The monoisotopic (exact) mass is 275 g/mol. The summed E-state index contributed by atoms with van der Waals surface area (Å²) in [6.45, 7) is 7.51. The number of aryl methyl sites for hydroxylation is 2. The molecule has 0 radical (unpaired) electrons. The molecule has 106 valence electrons. The average Bonchev–Trinajstić information content (AvgIpc) is 2.73. The molecule has 0 aliphatic rings. The summed E-state index contributed by atoms with van der Waals surface area (Å²) in [5.41, 5.74) is 0.992. The second kappa shape index (κ2) is 5.68. The van der Waals surface area contributed by atoms with Crippen LogP contribution in [0.25, 0.3) is 0 Å². The van der Waals surface area contributed by atoms with Gasteiger partial charge < -0.3 is 15.2 Å². The Balaban J connectivity index is 2.18. The maximum absolute atomic E-state index is 12.1. The Morgan fingerprint density at radius 1 is 1.25 bits per heavy atom. The van der Waals surface area contributed by atoms with E-state index in [-0.39, 0.29) is 17.6 Å². The van der Waals surface area contributed by atoms with Gasteiger partial charge in [-0.1, -0.05) is 5.16 Å². The number of anilines is 2. The molecule has 2 N–H and O–H groups in total. The van der Waals surface area contributed by atoms with Crippen LogP contribution in [-0.4, -0.2) is 27.1 Å². The van der Waals surface area contributed by atoms with Gasteiger partial charge in [-0.15, -0.1) is 0 Å². The zero-order valence-corrected chi connectivity index (χ0v) is 11.9. The second-order valence-electron chi connectivity index (χ2n) is 4.79. The van der Waals surface area contributed by atoms with E-state index in [1.165, 1.54) is 0 Å². The Morgan fingerprint density at radius 3 is 2.60 bits per heavy atom. The van der Waals surface area contributed by atoms with Crippen LogP contribution in [0, 0.1) is 13.8 Å². The number of carbonyl (C=O) groups is 1. The second-order valence-corrected chi connectivity index (χ2v) is 4.79. The lowest BCUT2D eigenvalue weighted by atomic mass is 10.3. The van der Waals surface area contributed by atoms with E-state index in [1.54, 1.807) is 19.1 Å². The topological polar surface area (TPSA) is 92.9 Å². The molecule has 0 atom stereocenters. The van der Waals surface area contributed by atoms with Crippen molar-refractivity contribution in [2.45, 2.75) is 33.7 Å². The summed E-state index contributed by atoms with van der Waals surface area (Å²) in [6, 6.07) is 3.44. The molecule has 7 heteroatoms. The molecule has 0 unspecified atom stereocenters. The molecule has 0 fully saturated rings. The van der Waals surface area contributed by atoms with E-state index in [1.807, 2.05) is 20.8 Å². The van der Waals surface area contributed by atoms with Gasteiger partial charge in [0.15, 0.2) is 5.82 Å². The predicted octanol–water partition coefficient (Wildman–Crippen LogP) is 2.15. The third kappa shape index (κ3) is 3.53. The number of carbonyl (C=O) groups excluding carboxylic acids is 1. The summed E-state index contributed by atoms with van der Waals surface area (Å²) in [5.74, 6) is 1.07. The molecule has 7 nitrogen and oxygen atoms in total. The highest BCUT2D eigenvalue weighted by atomic mass is 16.5. The first-order chi connectivity index (χ1) is 9.44. The molecule has 0 aliphatic carbocycles. The molecule has 2 aromatic heterocycles. The molecular formula is C13H17N5O2. The Morgan fingerprint density at radius 2 is 2.00 bits per heavy atom. The third-order valence-electron chi connectivity index (χ3n) is 2.37. The summed E-state index contributed by atoms with van der Waals surface area (Å²) in [7, 11) is 0. The molecule has 2 aromatic rings. The number of aromatic nitrogens is 3. The van der Waals surface area contributed by atoms with Crippen molar-refractivity contribution < 1.29 is 9.32 Å². The highest BCUT2D eigenvalue weighted by molar-refractivity contribution is 6.02. The van der Waals surface area contributed by atoms with Crippen LogP contribution in [0.2, 0.25) is 0 Å². The van der Waals surface area contributed by atoms with Crippen molar-refractivity contribution in [3.05, 3.63) is 29.3 Å². The zero-order chi connectivity index (χ0) is 14.7. The van der Waals surface area contributed by atoms with Gasteiger partial charge in [-0.2, -0.15) is 0 Å². The Kier molecular flexibility index (Phi) is 3.97. The van der Waals surface area contributed by atoms with Crippen LogP contribution in [0.1, 0.15) is 35.8 Å². The Bertz CT molecular complexity index is 621. The van der Waals surface area contributed by atoms with Gasteiger partial charge in [0.2, 0.25) is 5.95 Å². The Labute approximate surface area is 116 Å². The van der Waals surface area contributed by atoms with E-state index >= 15 is 0 Å². The molecular weight excluding hydrogens is 258 g/mol. The van der Waals surface area contributed by atoms with Crippen molar-refractivity contribution in [3.8, 4) is 0 Å². The number of hydrogen-bond acceptors (Lipinski definition) is 6. The molecule has 20 heavy (non-hydrogen) atoms. The predicted molar refractivity (Wildman–Crippen MR) is 74.7 cm³/mol. The van der Waals surface area contributed by atoms with Crippen LogP contribution in [0.3, 0.4) is 0 Å². The smallest absolute Gasteiger partial charge is 0.275 e. The molecule has 0 saturated heterocycles. The van der Waals surface area contributed by atoms with Gasteiger partial charge in [0.05, 0.1) is 0 Å². The number of hydrogen-bond donors (Lipinski definition) is 2. The fourth-order valence-corrected chi connectivity index (χ4v) is 1.61. The molecule has 0 spiro atoms. The fraction of sp³-hybridized carbons (Fsp3) is 0.385.